The van der Waals surface area contributed by atoms with Gasteiger partial charge in [-0.3, -0.25) is 4.79 Å². The number of carbonyl (C=O) groups is 1. The predicted molar refractivity (Wildman–Crippen MR) is 180 cm³/mol. The van der Waals surface area contributed by atoms with Crippen molar-refractivity contribution in [1.29, 1.82) is 0 Å². The Morgan fingerprint density at radius 3 is 2.62 bits per heavy atom. The van der Waals surface area contributed by atoms with Crippen LogP contribution in [0.5, 0.6) is 0 Å². The number of amides is 1. The van der Waals surface area contributed by atoms with E-state index in [1.165, 1.54) is 11.6 Å². The van der Waals surface area contributed by atoms with Gasteiger partial charge in [-0.2, -0.15) is 0 Å². The molecule has 0 aliphatic heterocycles. The summed E-state index contributed by atoms with van der Waals surface area (Å²) in [6, 6.07) is 26.8. The lowest BCUT2D eigenvalue weighted by Gasteiger charge is -2.18. The molecule has 234 valence electrons. The van der Waals surface area contributed by atoms with Gasteiger partial charge in [0, 0.05) is 48.2 Å². The first kappa shape index (κ1) is 32.0. The average molecular weight is 607 g/mol. The second kappa shape index (κ2) is 15.6. The molecule has 0 saturated heterocycles. The summed E-state index contributed by atoms with van der Waals surface area (Å²) >= 11 is 0. The van der Waals surface area contributed by atoms with E-state index in [9.17, 15) is 9.18 Å². The summed E-state index contributed by atoms with van der Waals surface area (Å²) in [5, 5.41) is 7.97. The van der Waals surface area contributed by atoms with E-state index in [1.54, 1.807) is 12.1 Å². The molecule has 7 nitrogen and oxygen atoms in total. The number of carbonyl (C=O) groups excluding carboxylic acids is 1. The molecule has 1 amide bonds. The number of halogens is 1. The molecule has 8 heteroatoms. The van der Waals surface area contributed by atoms with Gasteiger partial charge in [-0.1, -0.05) is 72.8 Å². The minimum absolute atomic E-state index is 0.169. The molecule has 1 atom stereocenters. The Hall–Kier alpha value is -4.37. The number of hydrogen-bond donors (Lipinski definition) is 4. The first-order valence-corrected chi connectivity index (χ1v) is 15.7. The summed E-state index contributed by atoms with van der Waals surface area (Å²) in [5.41, 5.74) is 12.4. The van der Waals surface area contributed by atoms with E-state index in [2.05, 4.69) is 63.8 Å². The van der Waals surface area contributed by atoms with Crippen LogP contribution in [0.1, 0.15) is 59.3 Å². The summed E-state index contributed by atoms with van der Waals surface area (Å²) in [4.78, 5) is 21.5. The predicted octanol–water partition coefficient (Wildman–Crippen LogP) is 4.40. The van der Waals surface area contributed by atoms with E-state index < -0.39 is 0 Å². The highest BCUT2D eigenvalue weighted by Gasteiger charge is 2.19. The molecule has 0 bridgehead atoms. The zero-order valence-corrected chi connectivity index (χ0v) is 26.4. The van der Waals surface area contributed by atoms with Gasteiger partial charge in [0.25, 0.3) is 5.91 Å². The molecular formula is C37H43FN6O. The monoisotopic (exact) mass is 606 g/mol. The second-order valence-electron chi connectivity index (χ2n) is 11.6. The molecule has 1 aliphatic carbocycles. The van der Waals surface area contributed by atoms with Crippen molar-refractivity contribution in [2.75, 3.05) is 27.2 Å². The van der Waals surface area contributed by atoms with Crippen LogP contribution in [0.15, 0.2) is 84.9 Å². The fourth-order valence-electron chi connectivity index (χ4n) is 5.63. The molecule has 45 heavy (non-hydrogen) atoms. The maximum atomic E-state index is 14.3. The van der Waals surface area contributed by atoms with Crippen molar-refractivity contribution < 1.29 is 9.18 Å². The van der Waals surface area contributed by atoms with Gasteiger partial charge >= 0.3 is 0 Å². The van der Waals surface area contributed by atoms with Crippen molar-refractivity contribution in [3.8, 4) is 11.3 Å². The number of hydrogen-bond acceptors (Lipinski definition) is 6. The van der Waals surface area contributed by atoms with Crippen molar-refractivity contribution in [1.82, 2.24) is 31.4 Å². The third-order valence-electron chi connectivity index (χ3n) is 8.10. The van der Waals surface area contributed by atoms with Gasteiger partial charge in [-0.15, -0.1) is 0 Å². The molecule has 1 heterocycles. The SMILES string of the molecule is CNCCN(C)Cc1cccc(-c2cc(C(=O)N[C@@H](C)c3ccccc3)c3c(n2)=CCCCC=3NNCc2ccccc2F)c1. The molecular weight excluding hydrogens is 563 g/mol. The molecule has 1 aliphatic rings. The number of aromatic nitrogens is 1. The molecule has 0 spiro atoms. The van der Waals surface area contributed by atoms with Crippen LogP contribution in [0.3, 0.4) is 0 Å². The first-order chi connectivity index (χ1) is 21.9. The fourth-order valence-corrected chi connectivity index (χ4v) is 5.63. The summed E-state index contributed by atoms with van der Waals surface area (Å²) in [6.45, 7) is 4.95. The zero-order chi connectivity index (χ0) is 31.6. The van der Waals surface area contributed by atoms with Crippen molar-refractivity contribution >= 4 is 17.7 Å². The standard InChI is InChI=1S/C37H43FN6O/c1-26(28-13-5-4-6-14-28)41-37(45)31-23-35(29-16-11-12-27(22-29)25-44(3)21-20-39-2)42-33-18-9-10-19-34(36(31)33)43-40-24-30-15-7-8-17-32(30)38/h4-8,11-18,22-23,26,39-40,43H,9-10,19-21,24-25H2,1-3H3,(H,41,45)/t26-/m0/s1. The number of benzene rings is 3. The quantitative estimate of drug-likeness (QED) is 0.169. The zero-order valence-electron chi connectivity index (χ0n) is 26.4. The number of likely N-dealkylation sites (N-methyl/N-ethyl adjacent to an activating group) is 2. The fraction of sp³-hybridized carbons (Fsp3) is 0.297. The van der Waals surface area contributed by atoms with Crippen molar-refractivity contribution in [2.24, 2.45) is 0 Å². The van der Waals surface area contributed by atoms with Crippen molar-refractivity contribution in [3.05, 3.63) is 124 Å². The van der Waals surface area contributed by atoms with Gasteiger partial charge < -0.3 is 21.0 Å². The third kappa shape index (κ3) is 8.42. The van der Waals surface area contributed by atoms with E-state index in [0.717, 1.165) is 72.0 Å². The van der Waals surface area contributed by atoms with E-state index in [0.29, 0.717) is 17.7 Å². The molecule has 1 aromatic heterocycles. The summed E-state index contributed by atoms with van der Waals surface area (Å²) < 4.78 is 14.3. The number of rotatable bonds is 13. The van der Waals surface area contributed by atoms with Gasteiger partial charge in [0.05, 0.1) is 22.6 Å². The number of pyridine rings is 1. The highest BCUT2D eigenvalue weighted by molar-refractivity contribution is 5.96. The van der Waals surface area contributed by atoms with Crippen LogP contribution in [-0.4, -0.2) is 43.0 Å². The van der Waals surface area contributed by atoms with Crippen molar-refractivity contribution in [2.45, 2.75) is 45.3 Å². The second-order valence-corrected chi connectivity index (χ2v) is 11.6. The largest absolute Gasteiger partial charge is 0.345 e. The van der Waals surface area contributed by atoms with Gasteiger partial charge in [0.1, 0.15) is 5.82 Å². The highest BCUT2D eigenvalue weighted by Crippen LogP contribution is 2.20. The van der Waals surface area contributed by atoms with Crippen molar-refractivity contribution in [3.63, 3.8) is 0 Å². The van der Waals surface area contributed by atoms with Gasteiger partial charge in [0.15, 0.2) is 0 Å². The van der Waals surface area contributed by atoms with Crippen LogP contribution in [0.2, 0.25) is 0 Å². The first-order valence-electron chi connectivity index (χ1n) is 15.7. The number of hydrazine groups is 1. The topological polar surface area (TPSA) is 81.3 Å². The van der Waals surface area contributed by atoms with E-state index in [-0.39, 0.29) is 17.8 Å². The Morgan fingerprint density at radius 2 is 1.82 bits per heavy atom. The molecule has 0 fully saturated rings. The van der Waals surface area contributed by atoms with E-state index in [1.807, 2.05) is 56.4 Å². The minimum atomic E-state index is -0.261. The Labute approximate surface area is 265 Å². The highest BCUT2D eigenvalue weighted by atomic mass is 19.1. The molecule has 4 N–H and O–H groups in total. The van der Waals surface area contributed by atoms with Crippen LogP contribution in [0, 0.1) is 5.82 Å². The van der Waals surface area contributed by atoms with Crippen LogP contribution in [-0.2, 0) is 13.1 Å². The number of nitrogens with one attached hydrogen (secondary N) is 4. The normalized spacial score (nSPS) is 13.5. The van der Waals surface area contributed by atoms with Crippen LogP contribution >= 0.6 is 0 Å². The molecule has 5 rings (SSSR count). The average Bonchev–Trinajstić information content (AvgIpc) is 3.27. The molecule has 0 saturated carbocycles. The summed E-state index contributed by atoms with van der Waals surface area (Å²) in [6.07, 6.45) is 4.57. The lowest BCUT2D eigenvalue weighted by molar-refractivity contribution is 0.0938. The number of fused-ring (bicyclic) bond motifs is 1. The Kier molecular flexibility index (Phi) is 11.1. The Balaban J connectivity index is 1.54. The Bertz CT molecular complexity index is 1720. The van der Waals surface area contributed by atoms with Crippen LogP contribution in [0.4, 0.5) is 4.39 Å². The van der Waals surface area contributed by atoms with Crippen LogP contribution in [0.25, 0.3) is 23.0 Å². The minimum Gasteiger partial charge on any atom is -0.345 e. The van der Waals surface area contributed by atoms with Gasteiger partial charge in [-0.25, -0.2) is 14.8 Å². The Morgan fingerprint density at radius 1 is 1.02 bits per heavy atom. The lowest BCUT2D eigenvalue weighted by atomic mass is 10.0. The molecule has 0 unspecified atom stereocenters. The summed E-state index contributed by atoms with van der Waals surface area (Å²) in [7, 11) is 4.07. The summed E-state index contributed by atoms with van der Waals surface area (Å²) in [5.74, 6) is -0.430. The third-order valence-corrected chi connectivity index (χ3v) is 8.10. The molecule has 4 aromatic rings. The maximum Gasteiger partial charge on any atom is 0.252 e. The number of nitrogens with zero attached hydrogens (tertiary/aromatic N) is 2. The van der Waals surface area contributed by atoms with Gasteiger partial charge in [0.2, 0.25) is 0 Å². The van der Waals surface area contributed by atoms with E-state index >= 15 is 0 Å². The molecule has 0 radical (unpaired) electrons. The van der Waals surface area contributed by atoms with E-state index in [4.69, 9.17) is 4.98 Å². The van der Waals surface area contributed by atoms with Crippen LogP contribution < -0.4 is 32.1 Å². The molecule has 3 aromatic carbocycles. The maximum absolute atomic E-state index is 14.3. The van der Waals surface area contributed by atoms with Gasteiger partial charge in [-0.05, 0) is 69.6 Å². The lowest BCUT2D eigenvalue weighted by Crippen LogP contribution is -2.44. The smallest absolute Gasteiger partial charge is 0.252 e.